The Balaban J connectivity index is 2.12. The molecular weight excluding hydrogens is 274 g/mol. The molecule has 0 bridgehead atoms. The Kier molecular flexibility index (Phi) is 5.54. The topological polar surface area (TPSA) is 28.2 Å². The van der Waals surface area contributed by atoms with E-state index in [-0.39, 0.29) is 0 Å². The average Bonchev–Trinajstić information content (AvgIpc) is 3.16. The van der Waals surface area contributed by atoms with Gasteiger partial charge in [0.15, 0.2) is 5.13 Å². The van der Waals surface area contributed by atoms with E-state index in [4.69, 9.17) is 4.98 Å². The van der Waals surface area contributed by atoms with Crippen LogP contribution in [0.4, 0.5) is 5.13 Å². The van der Waals surface area contributed by atoms with Crippen LogP contribution in [0.2, 0.25) is 0 Å². The monoisotopic (exact) mass is 299 g/mol. The van der Waals surface area contributed by atoms with Crippen molar-refractivity contribution in [2.45, 2.75) is 45.2 Å². The summed E-state index contributed by atoms with van der Waals surface area (Å²) in [7, 11) is 2.17. The molecule has 1 aliphatic rings. The molecular formula is C14H25N3S2. The van der Waals surface area contributed by atoms with E-state index >= 15 is 0 Å². The largest absolute Gasteiger partial charge is 0.348 e. The highest BCUT2D eigenvalue weighted by Crippen LogP contribution is 2.44. The fourth-order valence-electron chi connectivity index (χ4n) is 2.08. The highest BCUT2D eigenvalue weighted by molar-refractivity contribution is 7.98. The minimum absolute atomic E-state index is 0.542. The quantitative estimate of drug-likeness (QED) is 0.797. The van der Waals surface area contributed by atoms with E-state index in [1.54, 1.807) is 0 Å². The van der Waals surface area contributed by atoms with Crippen LogP contribution in [0.25, 0.3) is 0 Å². The SMILES string of the molecule is CCNCc1sc(N(C)C(C)CSC)nc1C1CC1. The molecule has 1 aromatic heterocycles. The van der Waals surface area contributed by atoms with Crippen LogP contribution in [-0.2, 0) is 6.54 Å². The molecule has 0 spiro atoms. The minimum Gasteiger partial charge on any atom is -0.348 e. The Hall–Kier alpha value is -0.260. The fraction of sp³-hybridized carbons (Fsp3) is 0.786. The zero-order valence-corrected chi connectivity index (χ0v) is 14.0. The third-order valence-electron chi connectivity index (χ3n) is 3.59. The van der Waals surface area contributed by atoms with Crippen molar-refractivity contribution in [1.29, 1.82) is 0 Å². The molecule has 1 unspecified atom stereocenters. The molecule has 2 rings (SSSR count). The van der Waals surface area contributed by atoms with Crippen LogP contribution < -0.4 is 10.2 Å². The van der Waals surface area contributed by atoms with Crippen LogP contribution in [0.1, 0.15) is 43.2 Å². The van der Waals surface area contributed by atoms with Gasteiger partial charge in [0.05, 0.1) is 5.69 Å². The lowest BCUT2D eigenvalue weighted by atomic mass is 10.2. The maximum atomic E-state index is 4.92. The van der Waals surface area contributed by atoms with E-state index in [0.717, 1.165) is 24.8 Å². The first-order valence-electron chi connectivity index (χ1n) is 7.09. The molecule has 19 heavy (non-hydrogen) atoms. The Morgan fingerprint density at radius 1 is 1.53 bits per heavy atom. The molecule has 1 saturated carbocycles. The highest BCUT2D eigenvalue weighted by Gasteiger charge is 2.30. The predicted molar refractivity (Wildman–Crippen MR) is 87.7 cm³/mol. The Labute approximate surface area is 125 Å². The number of nitrogens with zero attached hydrogens (tertiary/aromatic N) is 2. The summed E-state index contributed by atoms with van der Waals surface area (Å²) in [5, 5.41) is 4.63. The van der Waals surface area contributed by atoms with Gasteiger partial charge in [0, 0.05) is 36.2 Å². The first kappa shape index (κ1) is 15.1. The van der Waals surface area contributed by atoms with Gasteiger partial charge in [-0.3, -0.25) is 0 Å². The molecule has 1 N–H and O–H groups in total. The van der Waals surface area contributed by atoms with Crippen molar-refractivity contribution >= 4 is 28.2 Å². The maximum absolute atomic E-state index is 4.92. The van der Waals surface area contributed by atoms with Crippen LogP contribution >= 0.6 is 23.1 Å². The van der Waals surface area contributed by atoms with Gasteiger partial charge in [-0.15, -0.1) is 11.3 Å². The van der Waals surface area contributed by atoms with Gasteiger partial charge >= 0.3 is 0 Å². The summed E-state index contributed by atoms with van der Waals surface area (Å²) in [4.78, 5) is 8.71. The maximum Gasteiger partial charge on any atom is 0.185 e. The molecule has 1 fully saturated rings. The smallest absolute Gasteiger partial charge is 0.185 e. The van der Waals surface area contributed by atoms with Crippen LogP contribution in [-0.4, -0.2) is 36.6 Å². The van der Waals surface area contributed by atoms with E-state index in [9.17, 15) is 0 Å². The zero-order valence-electron chi connectivity index (χ0n) is 12.4. The molecule has 0 amide bonds. The van der Waals surface area contributed by atoms with Gasteiger partial charge in [-0.1, -0.05) is 6.92 Å². The Bertz CT molecular complexity index is 401. The van der Waals surface area contributed by atoms with Crippen LogP contribution in [0.15, 0.2) is 0 Å². The van der Waals surface area contributed by atoms with Crippen molar-refractivity contribution in [2.75, 3.05) is 30.5 Å². The van der Waals surface area contributed by atoms with Gasteiger partial charge in [-0.2, -0.15) is 11.8 Å². The summed E-state index contributed by atoms with van der Waals surface area (Å²) in [5.74, 6) is 1.89. The van der Waals surface area contributed by atoms with Crippen molar-refractivity contribution < 1.29 is 0 Å². The highest BCUT2D eigenvalue weighted by atomic mass is 32.2. The van der Waals surface area contributed by atoms with Gasteiger partial charge in [0.1, 0.15) is 0 Å². The molecule has 1 heterocycles. The first-order chi connectivity index (χ1) is 9.17. The van der Waals surface area contributed by atoms with Gasteiger partial charge in [-0.25, -0.2) is 4.98 Å². The van der Waals surface area contributed by atoms with E-state index in [2.05, 4.69) is 37.4 Å². The molecule has 1 atom stereocenters. The number of hydrogen-bond acceptors (Lipinski definition) is 5. The Morgan fingerprint density at radius 2 is 2.26 bits per heavy atom. The van der Waals surface area contributed by atoms with Crippen LogP contribution in [0, 0.1) is 0 Å². The van der Waals surface area contributed by atoms with Crippen molar-refractivity contribution in [3.63, 3.8) is 0 Å². The summed E-state index contributed by atoms with van der Waals surface area (Å²) >= 11 is 3.77. The summed E-state index contributed by atoms with van der Waals surface area (Å²) in [5.41, 5.74) is 1.36. The number of anilines is 1. The number of hydrogen-bond donors (Lipinski definition) is 1. The van der Waals surface area contributed by atoms with Gasteiger partial charge in [0.2, 0.25) is 0 Å². The fourth-order valence-corrected chi connectivity index (χ4v) is 3.97. The summed E-state index contributed by atoms with van der Waals surface area (Å²) < 4.78 is 0. The lowest BCUT2D eigenvalue weighted by Gasteiger charge is -2.23. The second-order valence-corrected chi connectivity index (χ2v) is 7.25. The van der Waals surface area contributed by atoms with Crippen LogP contribution in [0.3, 0.4) is 0 Å². The van der Waals surface area contributed by atoms with Crippen molar-refractivity contribution in [1.82, 2.24) is 10.3 Å². The average molecular weight is 300 g/mol. The molecule has 0 aliphatic heterocycles. The number of aromatic nitrogens is 1. The van der Waals surface area contributed by atoms with E-state index in [0.29, 0.717) is 6.04 Å². The van der Waals surface area contributed by atoms with Gasteiger partial charge < -0.3 is 10.2 Å². The molecule has 1 aliphatic carbocycles. The molecule has 108 valence electrons. The second-order valence-electron chi connectivity index (χ2n) is 5.27. The molecule has 0 saturated heterocycles. The van der Waals surface area contributed by atoms with Gasteiger partial charge in [-0.05, 0) is 32.6 Å². The lowest BCUT2D eigenvalue weighted by molar-refractivity contribution is 0.726. The summed E-state index contributed by atoms with van der Waals surface area (Å²) in [6.07, 6.45) is 4.82. The van der Waals surface area contributed by atoms with Crippen LogP contribution in [0.5, 0.6) is 0 Å². The summed E-state index contributed by atoms with van der Waals surface area (Å²) in [6.45, 7) is 6.44. The van der Waals surface area contributed by atoms with Gasteiger partial charge in [0.25, 0.3) is 0 Å². The van der Waals surface area contributed by atoms with E-state index < -0.39 is 0 Å². The first-order valence-corrected chi connectivity index (χ1v) is 9.30. The molecule has 5 heteroatoms. The number of rotatable bonds is 8. The molecule has 3 nitrogen and oxygen atoms in total. The molecule has 0 radical (unpaired) electrons. The third-order valence-corrected chi connectivity index (χ3v) is 5.56. The molecule has 1 aromatic rings. The molecule has 0 aromatic carbocycles. The zero-order chi connectivity index (χ0) is 13.8. The van der Waals surface area contributed by atoms with Crippen molar-refractivity contribution in [3.05, 3.63) is 10.6 Å². The standard InChI is InChI=1S/C14H25N3S2/c1-5-15-8-12-13(11-6-7-11)16-14(19-12)17(3)10(2)9-18-4/h10-11,15H,5-9H2,1-4H3. The normalized spacial score (nSPS) is 16.6. The lowest BCUT2D eigenvalue weighted by Crippen LogP contribution is -2.30. The number of thiazole rings is 1. The van der Waals surface area contributed by atoms with Crippen molar-refractivity contribution in [3.8, 4) is 0 Å². The van der Waals surface area contributed by atoms with E-state index in [1.807, 2.05) is 23.1 Å². The van der Waals surface area contributed by atoms with E-state index in [1.165, 1.54) is 28.5 Å². The van der Waals surface area contributed by atoms with Crippen molar-refractivity contribution in [2.24, 2.45) is 0 Å². The Morgan fingerprint density at radius 3 is 2.84 bits per heavy atom. The second kappa shape index (κ2) is 6.95. The number of nitrogens with one attached hydrogen (secondary N) is 1. The third kappa shape index (κ3) is 3.86. The summed E-state index contributed by atoms with van der Waals surface area (Å²) in [6, 6.07) is 0.542. The predicted octanol–water partition coefficient (Wildman–Crippen LogP) is 3.32. The number of thioether (sulfide) groups is 1. The minimum atomic E-state index is 0.542.